The smallest absolute Gasteiger partial charge is 0.355 e. The van der Waals surface area contributed by atoms with E-state index in [4.69, 9.17) is 0 Å². The van der Waals surface area contributed by atoms with Gasteiger partial charge in [0.05, 0.1) is 11.5 Å². The third-order valence-corrected chi connectivity index (χ3v) is 5.19. The van der Waals surface area contributed by atoms with Crippen LogP contribution in [-0.4, -0.2) is 53.5 Å². The number of amides is 1. The van der Waals surface area contributed by atoms with Crippen molar-refractivity contribution in [3.63, 3.8) is 0 Å². The van der Waals surface area contributed by atoms with Crippen molar-refractivity contribution in [2.75, 3.05) is 42.6 Å². The van der Waals surface area contributed by atoms with E-state index in [2.05, 4.69) is 4.98 Å². The molecular weight excluding hydrogens is 327 g/mol. The minimum Gasteiger partial charge on any atom is -0.355 e. The summed E-state index contributed by atoms with van der Waals surface area (Å²) in [7, 11) is 0. The number of aromatic nitrogens is 1. The Hall–Kier alpha value is -1.44. The van der Waals surface area contributed by atoms with Crippen molar-refractivity contribution in [1.29, 1.82) is 0 Å². The first-order valence-electron chi connectivity index (χ1n) is 7.60. The number of nitrogens with zero attached hydrogens (tertiary/aromatic N) is 3. The van der Waals surface area contributed by atoms with Crippen molar-refractivity contribution in [3.8, 4) is 0 Å². The number of rotatable bonds is 2. The minimum atomic E-state index is -4.43. The number of halogens is 3. The monoisotopic (exact) mass is 345 g/mol. The molecule has 126 valence electrons. The molecule has 0 N–H and O–H groups in total. The number of hydrogen-bond donors (Lipinski definition) is 0. The first-order valence-corrected chi connectivity index (χ1v) is 8.76. The first-order chi connectivity index (χ1) is 11.0. The van der Waals surface area contributed by atoms with E-state index in [9.17, 15) is 18.0 Å². The second kappa shape index (κ2) is 6.59. The second-order valence-corrected chi connectivity index (χ2v) is 6.97. The number of anilines is 1. The van der Waals surface area contributed by atoms with E-state index in [0.717, 1.165) is 30.7 Å². The Morgan fingerprint density at radius 3 is 2.70 bits per heavy atom. The molecule has 2 aliphatic heterocycles. The summed E-state index contributed by atoms with van der Waals surface area (Å²) in [6.07, 6.45) is -2.49. The van der Waals surface area contributed by atoms with Gasteiger partial charge in [0, 0.05) is 43.9 Å². The molecule has 0 aromatic carbocycles. The van der Waals surface area contributed by atoms with Gasteiger partial charge in [0.25, 0.3) is 0 Å². The maximum Gasteiger partial charge on any atom is 0.419 e. The summed E-state index contributed by atoms with van der Waals surface area (Å²) in [4.78, 5) is 19.8. The van der Waals surface area contributed by atoms with Crippen LogP contribution in [0.3, 0.4) is 0 Å². The van der Waals surface area contributed by atoms with E-state index >= 15 is 0 Å². The Kier molecular flexibility index (Phi) is 4.70. The highest BCUT2D eigenvalue weighted by Gasteiger charge is 2.39. The van der Waals surface area contributed by atoms with Crippen LogP contribution in [0.15, 0.2) is 18.3 Å². The van der Waals surface area contributed by atoms with Crippen LogP contribution >= 0.6 is 11.8 Å². The Labute approximate surface area is 137 Å². The van der Waals surface area contributed by atoms with Crippen molar-refractivity contribution < 1.29 is 18.0 Å². The average Bonchev–Trinajstić information content (AvgIpc) is 3.04. The van der Waals surface area contributed by atoms with E-state index in [0.29, 0.717) is 19.5 Å². The SMILES string of the molecule is O=C(C1CCN(c2ncccc2C(F)(F)F)C1)N1CCSCC1. The van der Waals surface area contributed by atoms with Crippen molar-refractivity contribution >= 4 is 23.5 Å². The predicted molar refractivity (Wildman–Crippen MR) is 83.5 cm³/mol. The first kappa shape index (κ1) is 16.4. The van der Waals surface area contributed by atoms with Gasteiger partial charge >= 0.3 is 6.18 Å². The summed E-state index contributed by atoms with van der Waals surface area (Å²) in [5, 5.41) is 0. The maximum atomic E-state index is 13.1. The van der Waals surface area contributed by atoms with Gasteiger partial charge in [-0.1, -0.05) is 0 Å². The van der Waals surface area contributed by atoms with Gasteiger partial charge in [0.2, 0.25) is 5.91 Å². The van der Waals surface area contributed by atoms with Crippen LogP contribution < -0.4 is 4.90 Å². The molecule has 1 aromatic rings. The molecule has 2 fully saturated rings. The fourth-order valence-corrected chi connectivity index (χ4v) is 3.97. The Morgan fingerprint density at radius 1 is 1.26 bits per heavy atom. The summed E-state index contributed by atoms with van der Waals surface area (Å²) in [6, 6.07) is 2.33. The quantitative estimate of drug-likeness (QED) is 0.825. The Bertz CT molecular complexity index is 575. The molecule has 1 amide bonds. The topological polar surface area (TPSA) is 36.4 Å². The summed E-state index contributed by atoms with van der Waals surface area (Å²) < 4.78 is 39.3. The number of thioether (sulfide) groups is 1. The molecule has 3 heterocycles. The van der Waals surface area contributed by atoms with Crippen LogP contribution in [0.4, 0.5) is 19.0 Å². The number of alkyl halides is 3. The lowest BCUT2D eigenvalue weighted by atomic mass is 10.1. The van der Waals surface area contributed by atoms with Crippen LogP contribution in [0.1, 0.15) is 12.0 Å². The third kappa shape index (κ3) is 3.57. The summed E-state index contributed by atoms with van der Waals surface area (Å²) in [5.74, 6) is 1.63. The molecule has 0 saturated carbocycles. The van der Waals surface area contributed by atoms with Crippen LogP contribution in [0.5, 0.6) is 0 Å². The molecule has 1 atom stereocenters. The molecule has 2 saturated heterocycles. The molecule has 1 unspecified atom stereocenters. The number of carbonyl (C=O) groups is 1. The van der Waals surface area contributed by atoms with Crippen LogP contribution in [0.2, 0.25) is 0 Å². The Morgan fingerprint density at radius 2 is 2.00 bits per heavy atom. The van der Waals surface area contributed by atoms with Gasteiger partial charge in [0.1, 0.15) is 5.82 Å². The number of pyridine rings is 1. The van der Waals surface area contributed by atoms with Gasteiger partial charge < -0.3 is 9.80 Å². The number of hydrogen-bond acceptors (Lipinski definition) is 4. The standard InChI is InChI=1S/C15H18F3N3OS/c16-15(17,18)12-2-1-4-19-13(12)21-5-3-11(10-21)14(22)20-6-8-23-9-7-20/h1-2,4,11H,3,5-10H2. The second-order valence-electron chi connectivity index (χ2n) is 5.74. The Balaban J connectivity index is 1.72. The molecule has 8 heteroatoms. The van der Waals surface area contributed by atoms with E-state index in [1.165, 1.54) is 12.3 Å². The maximum absolute atomic E-state index is 13.1. The highest BCUT2D eigenvalue weighted by Crippen LogP contribution is 2.37. The van der Waals surface area contributed by atoms with E-state index in [-0.39, 0.29) is 17.6 Å². The normalized spacial score (nSPS) is 22.5. The third-order valence-electron chi connectivity index (χ3n) is 4.25. The molecule has 0 bridgehead atoms. The van der Waals surface area contributed by atoms with E-state index < -0.39 is 11.7 Å². The molecular formula is C15H18F3N3OS. The molecule has 0 radical (unpaired) electrons. The van der Waals surface area contributed by atoms with Crippen LogP contribution in [0.25, 0.3) is 0 Å². The summed E-state index contributed by atoms with van der Waals surface area (Å²) in [6.45, 7) is 2.20. The lowest BCUT2D eigenvalue weighted by Crippen LogP contribution is -2.42. The van der Waals surface area contributed by atoms with E-state index in [1.807, 2.05) is 16.7 Å². The van der Waals surface area contributed by atoms with Gasteiger partial charge in [-0.3, -0.25) is 4.79 Å². The molecule has 2 aliphatic rings. The molecule has 1 aromatic heterocycles. The molecule has 23 heavy (non-hydrogen) atoms. The van der Waals surface area contributed by atoms with Gasteiger partial charge in [-0.05, 0) is 18.6 Å². The largest absolute Gasteiger partial charge is 0.419 e. The predicted octanol–water partition coefficient (Wildman–Crippen LogP) is 2.50. The van der Waals surface area contributed by atoms with Crippen molar-refractivity contribution in [3.05, 3.63) is 23.9 Å². The lowest BCUT2D eigenvalue weighted by Gasteiger charge is -2.29. The van der Waals surface area contributed by atoms with Gasteiger partial charge in [-0.2, -0.15) is 24.9 Å². The van der Waals surface area contributed by atoms with Crippen molar-refractivity contribution in [2.24, 2.45) is 5.92 Å². The zero-order chi connectivity index (χ0) is 16.4. The highest BCUT2D eigenvalue weighted by atomic mass is 32.2. The highest BCUT2D eigenvalue weighted by molar-refractivity contribution is 7.99. The van der Waals surface area contributed by atoms with Gasteiger partial charge in [0.15, 0.2) is 0 Å². The zero-order valence-corrected chi connectivity index (χ0v) is 13.4. The van der Waals surface area contributed by atoms with Crippen molar-refractivity contribution in [1.82, 2.24) is 9.88 Å². The summed E-state index contributed by atoms with van der Waals surface area (Å²) in [5.41, 5.74) is -0.734. The molecule has 4 nitrogen and oxygen atoms in total. The fraction of sp³-hybridized carbons (Fsp3) is 0.600. The van der Waals surface area contributed by atoms with Crippen LogP contribution in [0, 0.1) is 5.92 Å². The lowest BCUT2D eigenvalue weighted by molar-refractivity contribution is -0.137. The molecule has 3 rings (SSSR count). The number of carbonyl (C=O) groups excluding carboxylic acids is 1. The zero-order valence-electron chi connectivity index (χ0n) is 12.6. The van der Waals surface area contributed by atoms with Gasteiger partial charge in [-0.25, -0.2) is 4.98 Å². The van der Waals surface area contributed by atoms with E-state index in [1.54, 1.807) is 4.90 Å². The van der Waals surface area contributed by atoms with Gasteiger partial charge in [-0.15, -0.1) is 0 Å². The molecule has 0 spiro atoms. The molecule has 0 aliphatic carbocycles. The average molecular weight is 345 g/mol. The minimum absolute atomic E-state index is 0.0653. The fourth-order valence-electron chi connectivity index (χ4n) is 3.07. The van der Waals surface area contributed by atoms with Crippen LogP contribution in [-0.2, 0) is 11.0 Å². The van der Waals surface area contributed by atoms with Crippen molar-refractivity contribution in [2.45, 2.75) is 12.6 Å². The summed E-state index contributed by atoms with van der Waals surface area (Å²) >= 11 is 1.82.